The quantitative estimate of drug-likeness (QED) is 0.835. The van der Waals surface area contributed by atoms with E-state index >= 15 is 0 Å². The van der Waals surface area contributed by atoms with Gasteiger partial charge in [-0.25, -0.2) is 4.39 Å². The molecule has 2 aromatic carbocycles. The van der Waals surface area contributed by atoms with Crippen LogP contribution in [0.15, 0.2) is 52.3 Å². The van der Waals surface area contributed by atoms with Gasteiger partial charge in [0.15, 0.2) is 0 Å². The Bertz CT molecular complexity index is 566. The first kappa shape index (κ1) is 15.1. The lowest BCUT2D eigenvalue weighted by molar-refractivity contribution is 0.558. The summed E-state index contributed by atoms with van der Waals surface area (Å²) >= 11 is 1.49. The van der Waals surface area contributed by atoms with Crippen molar-refractivity contribution in [3.63, 3.8) is 0 Å². The van der Waals surface area contributed by atoms with Gasteiger partial charge in [0.2, 0.25) is 0 Å². The van der Waals surface area contributed by atoms with Crippen molar-refractivity contribution in [3.8, 4) is 0 Å². The molecule has 0 aromatic heterocycles. The SMILES string of the molecule is CCNC(C)c1cccc(F)c1Sc1ccc(C)cc1. The van der Waals surface area contributed by atoms with Gasteiger partial charge in [0.05, 0.1) is 4.90 Å². The normalized spacial score (nSPS) is 12.4. The van der Waals surface area contributed by atoms with E-state index in [-0.39, 0.29) is 11.9 Å². The summed E-state index contributed by atoms with van der Waals surface area (Å²) in [7, 11) is 0. The van der Waals surface area contributed by atoms with Crippen molar-refractivity contribution in [1.82, 2.24) is 5.32 Å². The van der Waals surface area contributed by atoms with Gasteiger partial charge in [-0.15, -0.1) is 0 Å². The van der Waals surface area contributed by atoms with E-state index in [1.807, 2.05) is 18.2 Å². The number of hydrogen-bond acceptors (Lipinski definition) is 2. The topological polar surface area (TPSA) is 12.0 Å². The minimum atomic E-state index is -0.155. The first-order valence-corrected chi connectivity index (χ1v) is 7.69. The highest BCUT2D eigenvalue weighted by Crippen LogP contribution is 2.35. The molecule has 0 radical (unpaired) electrons. The lowest BCUT2D eigenvalue weighted by atomic mass is 10.1. The molecule has 0 fully saturated rings. The molecule has 20 heavy (non-hydrogen) atoms. The highest BCUT2D eigenvalue weighted by molar-refractivity contribution is 7.99. The van der Waals surface area contributed by atoms with Gasteiger partial charge in [-0.3, -0.25) is 0 Å². The van der Waals surface area contributed by atoms with Crippen molar-refractivity contribution in [1.29, 1.82) is 0 Å². The first-order valence-electron chi connectivity index (χ1n) is 6.88. The molecule has 0 aliphatic heterocycles. The van der Waals surface area contributed by atoms with Gasteiger partial charge in [0, 0.05) is 10.9 Å². The maximum atomic E-state index is 14.2. The molecule has 0 bridgehead atoms. The highest BCUT2D eigenvalue weighted by atomic mass is 32.2. The van der Waals surface area contributed by atoms with Crippen molar-refractivity contribution >= 4 is 11.8 Å². The molecule has 0 aliphatic carbocycles. The summed E-state index contributed by atoms with van der Waals surface area (Å²) in [6.07, 6.45) is 0. The van der Waals surface area contributed by atoms with Gasteiger partial charge in [0.1, 0.15) is 5.82 Å². The Balaban J connectivity index is 2.32. The maximum Gasteiger partial charge on any atom is 0.137 e. The predicted octanol–water partition coefficient (Wildman–Crippen LogP) is 4.96. The zero-order valence-corrected chi connectivity index (χ0v) is 12.9. The van der Waals surface area contributed by atoms with E-state index in [4.69, 9.17) is 0 Å². The molecule has 0 saturated carbocycles. The summed E-state index contributed by atoms with van der Waals surface area (Å²) in [5.41, 5.74) is 2.22. The standard InChI is InChI=1S/C17H20FNS/c1-4-19-13(3)15-6-5-7-16(18)17(15)20-14-10-8-12(2)9-11-14/h5-11,13,19H,4H2,1-3H3. The molecule has 0 amide bonds. The summed E-state index contributed by atoms with van der Waals surface area (Å²) < 4.78 is 14.2. The number of nitrogens with one attached hydrogen (secondary N) is 1. The van der Waals surface area contributed by atoms with Crippen LogP contribution in [-0.4, -0.2) is 6.54 Å². The summed E-state index contributed by atoms with van der Waals surface area (Å²) in [5, 5.41) is 3.34. The van der Waals surface area contributed by atoms with Gasteiger partial charge < -0.3 is 5.32 Å². The highest BCUT2D eigenvalue weighted by Gasteiger charge is 2.14. The van der Waals surface area contributed by atoms with E-state index in [0.717, 1.165) is 17.0 Å². The summed E-state index contributed by atoms with van der Waals surface area (Å²) in [4.78, 5) is 1.77. The van der Waals surface area contributed by atoms with Crippen molar-refractivity contribution in [2.75, 3.05) is 6.54 Å². The maximum absolute atomic E-state index is 14.2. The van der Waals surface area contributed by atoms with Crippen LogP contribution in [-0.2, 0) is 0 Å². The average Bonchev–Trinajstić information content (AvgIpc) is 2.43. The van der Waals surface area contributed by atoms with Crippen molar-refractivity contribution in [2.45, 2.75) is 36.6 Å². The van der Waals surface area contributed by atoms with E-state index in [2.05, 4.69) is 38.2 Å². The van der Waals surface area contributed by atoms with Crippen molar-refractivity contribution < 1.29 is 4.39 Å². The monoisotopic (exact) mass is 289 g/mol. The fourth-order valence-corrected chi connectivity index (χ4v) is 3.15. The van der Waals surface area contributed by atoms with Gasteiger partial charge in [-0.1, -0.05) is 48.5 Å². The second kappa shape index (κ2) is 6.91. The Morgan fingerprint density at radius 1 is 1.15 bits per heavy atom. The fraction of sp³-hybridized carbons (Fsp3) is 0.294. The smallest absolute Gasteiger partial charge is 0.137 e. The van der Waals surface area contributed by atoms with Crippen LogP contribution in [0.2, 0.25) is 0 Å². The molecule has 0 saturated heterocycles. The molecule has 2 aromatic rings. The zero-order valence-electron chi connectivity index (χ0n) is 12.1. The Morgan fingerprint density at radius 3 is 2.50 bits per heavy atom. The van der Waals surface area contributed by atoms with Crippen LogP contribution < -0.4 is 5.32 Å². The Labute approximate surface area is 124 Å². The van der Waals surface area contributed by atoms with Crippen LogP contribution in [0.4, 0.5) is 4.39 Å². The predicted molar refractivity (Wildman–Crippen MR) is 83.8 cm³/mol. The minimum Gasteiger partial charge on any atom is -0.310 e. The number of benzene rings is 2. The number of halogens is 1. The average molecular weight is 289 g/mol. The Kier molecular flexibility index (Phi) is 5.21. The van der Waals surface area contributed by atoms with E-state index in [0.29, 0.717) is 4.90 Å². The Hall–Kier alpha value is -1.32. The van der Waals surface area contributed by atoms with Gasteiger partial charge in [0.25, 0.3) is 0 Å². The van der Waals surface area contributed by atoms with E-state index in [1.165, 1.54) is 23.4 Å². The number of hydrogen-bond donors (Lipinski definition) is 1. The largest absolute Gasteiger partial charge is 0.310 e. The molecular formula is C17H20FNS. The molecule has 0 spiro atoms. The molecule has 0 aliphatic rings. The molecule has 1 nitrogen and oxygen atoms in total. The van der Waals surface area contributed by atoms with Crippen LogP contribution in [0.3, 0.4) is 0 Å². The van der Waals surface area contributed by atoms with Crippen molar-refractivity contribution in [2.24, 2.45) is 0 Å². The zero-order chi connectivity index (χ0) is 14.5. The molecule has 0 heterocycles. The second-order valence-corrected chi connectivity index (χ2v) is 5.94. The van der Waals surface area contributed by atoms with Crippen LogP contribution in [0.1, 0.15) is 31.0 Å². The fourth-order valence-electron chi connectivity index (χ4n) is 2.11. The summed E-state index contributed by atoms with van der Waals surface area (Å²) in [6, 6.07) is 13.6. The molecule has 106 valence electrons. The third-order valence-electron chi connectivity index (χ3n) is 3.22. The third-order valence-corrected chi connectivity index (χ3v) is 4.36. The van der Waals surface area contributed by atoms with E-state index < -0.39 is 0 Å². The van der Waals surface area contributed by atoms with E-state index in [9.17, 15) is 4.39 Å². The lowest BCUT2D eigenvalue weighted by Crippen LogP contribution is -2.18. The molecular weight excluding hydrogens is 269 g/mol. The molecule has 2 rings (SSSR count). The van der Waals surface area contributed by atoms with Crippen LogP contribution >= 0.6 is 11.8 Å². The number of aryl methyl sites for hydroxylation is 1. The Morgan fingerprint density at radius 2 is 1.85 bits per heavy atom. The lowest BCUT2D eigenvalue weighted by Gasteiger charge is -2.17. The molecule has 1 unspecified atom stereocenters. The first-order chi connectivity index (χ1) is 9.61. The van der Waals surface area contributed by atoms with Gasteiger partial charge in [-0.2, -0.15) is 0 Å². The summed E-state index contributed by atoms with van der Waals surface area (Å²) in [6.45, 7) is 7.04. The molecule has 1 N–H and O–H groups in total. The van der Waals surface area contributed by atoms with Gasteiger partial charge in [-0.05, 0) is 44.2 Å². The van der Waals surface area contributed by atoms with Crippen LogP contribution in [0.5, 0.6) is 0 Å². The molecule has 1 atom stereocenters. The second-order valence-electron chi connectivity index (χ2n) is 4.85. The molecule has 3 heteroatoms. The van der Waals surface area contributed by atoms with Crippen LogP contribution in [0.25, 0.3) is 0 Å². The van der Waals surface area contributed by atoms with Gasteiger partial charge >= 0.3 is 0 Å². The number of rotatable bonds is 5. The minimum absolute atomic E-state index is 0.142. The summed E-state index contributed by atoms with van der Waals surface area (Å²) in [5.74, 6) is -0.155. The third kappa shape index (κ3) is 3.62. The van der Waals surface area contributed by atoms with E-state index in [1.54, 1.807) is 6.07 Å². The van der Waals surface area contributed by atoms with Crippen LogP contribution in [0, 0.1) is 12.7 Å². The van der Waals surface area contributed by atoms with Crippen molar-refractivity contribution in [3.05, 3.63) is 59.4 Å².